The highest BCUT2D eigenvalue weighted by Gasteiger charge is 2.21. The fourth-order valence-corrected chi connectivity index (χ4v) is 3.79. The number of aliphatic hydroxyl groups is 1. The van der Waals surface area contributed by atoms with E-state index in [-0.39, 0.29) is 12.7 Å². The minimum atomic E-state index is 0.0671. The Balaban J connectivity index is 1.72. The summed E-state index contributed by atoms with van der Waals surface area (Å²) in [7, 11) is 0. The summed E-state index contributed by atoms with van der Waals surface area (Å²) >= 11 is 0. The van der Waals surface area contributed by atoms with Crippen molar-refractivity contribution in [2.45, 2.75) is 32.5 Å². The van der Waals surface area contributed by atoms with E-state index in [1.165, 1.54) is 22.4 Å². The van der Waals surface area contributed by atoms with E-state index in [1.54, 1.807) is 0 Å². The van der Waals surface area contributed by atoms with Gasteiger partial charge in [-0.1, -0.05) is 12.1 Å². The average Bonchev–Trinajstić information content (AvgIpc) is 3.10. The summed E-state index contributed by atoms with van der Waals surface area (Å²) < 4.78 is 11.5. The second kappa shape index (κ2) is 7.06. The van der Waals surface area contributed by atoms with Crippen LogP contribution in [-0.4, -0.2) is 37.5 Å². The summed E-state index contributed by atoms with van der Waals surface area (Å²) in [5.74, 6) is 0.930. The van der Waals surface area contributed by atoms with Gasteiger partial charge in [0.25, 0.3) is 0 Å². The van der Waals surface area contributed by atoms with Gasteiger partial charge in [0.2, 0.25) is 0 Å². The molecule has 1 N–H and O–H groups in total. The summed E-state index contributed by atoms with van der Waals surface area (Å²) in [6.45, 7) is 5.70. The minimum absolute atomic E-state index is 0.0671. The van der Waals surface area contributed by atoms with Crippen molar-refractivity contribution in [1.82, 2.24) is 0 Å². The molecule has 0 radical (unpaired) electrons. The summed E-state index contributed by atoms with van der Waals surface area (Å²) in [6, 6.07) is 12.7. The van der Waals surface area contributed by atoms with Crippen LogP contribution >= 0.6 is 0 Å². The van der Waals surface area contributed by atoms with Crippen molar-refractivity contribution in [3.63, 3.8) is 0 Å². The van der Waals surface area contributed by atoms with Crippen molar-refractivity contribution < 1.29 is 14.6 Å². The molecular weight excluding hydrogens is 314 g/mol. The van der Waals surface area contributed by atoms with Gasteiger partial charge in [-0.3, -0.25) is 0 Å². The van der Waals surface area contributed by atoms with E-state index in [0.29, 0.717) is 6.61 Å². The Bertz CT molecular complexity index is 753. The molecule has 0 spiro atoms. The number of fused-ring (bicyclic) bond motifs is 3. The third-order valence-electron chi connectivity index (χ3n) is 5.17. The molecule has 25 heavy (non-hydrogen) atoms. The van der Waals surface area contributed by atoms with Gasteiger partial charge >= 0.3 is 0 Å². The molecule has 2 heterocycles. The van der Waals surface area contributed by atoms with E-state index in [2.05, 4.69) is 42.2 Å². The summed E-state index contributed by atoms with van der Waals surface area (Å²) in [5.41, 5.74) is 5.96. The van der Waals surface area contributed by atoms with E-state index in [0.717, 1.165) is 43.9 Å². The molecule has 132 valence electrons. The SMILES string of the molecule is CCN1CCc2cc(O[C@@H]3CCOC3)ccc2-c2cc(CO)ccc21. The van der Waals surface area contributed by atoms with Gasteiger partial charge in [-0.25, -0.2) is 0 Å². The Morgan fingerprint density at radius 3 is 2.88 bits per heavy atom. The van der Waals surface area contributed by atoms with Crippen LogP contribution in [0.4, 0.5) is 5.69 Å². The smallest absolute Gasteiger partial charge is 0.124 e. The lowest BCUT2D eigenvalue weighted by molar-refractivity contribution is 0.141. The third-order valence-corrected chi connectivity index (χ3v) is 5.17. The Kier molecular flexibility index (Phi) is 4.64. The molecule has 4 nitrogen and oxygen atoms in total. The van der Waals surface area contributed by atoms with Crippen molar-refractivity contribution in [3.05, 3.63) is 47.5 Å². The van der Waals surface area contributed by atoms with Crippen molar-refractivity contribution >= 4 is 5.69 Å². The predicted octanol–water partition coefficient (Wildman–Crippen LogP) is 3.40. The summed E-state index contributed by atoms with van der Waals surface area (Å²) in [6.07, 6.45) is 2.12. The molecule has 2 aliphatic heterocycles. The highest BCUT2D eigenvalue weighted by Crippen LogP contribution is 2.38. The highest BCUT2D eigenvalue weighted by atomic mass is 16.5. The maximum atomic E-state index is 9.54. The van der Waals surface area contributed by atoms with E-state index >= 15 is 0 Å². The quantitative estimate of drug-likeness (QED) is 0.927. The summed E-state index contributed by atoms with van der Waals surface area (Å²) in [4.78, 5) is 2.40. The van der Waals surface area contributed by atoms with E-state index in [1.807, 2.05) is 6.07 Å². The zero-order valence-corrected chi connectivity index (χ0v) is 14.7. The maximum Gasteiger partial charge on any atom is 0.124 e. The molecule has 2 aromatic carbocycles. The maximum absolute atomic E-state index is 9.54. The van der Waals surface area contributed by atoms with Crippen LogP contribution in [0.25, 0.3) is 11.1 Å². The van der Waals surface area contributed by atoms with Crippen molar-refractivity contribution in [2.75, 3.05) is 31.2 Å². The summed E-state index contributed by atoms with van der Waals surface area (Å²) in [5, 5.41) is 9.54. The van der Waals surface area contributed by atoms with Gasteiger partial charge in [0.1, 0.15) is 11.9 Å². The fourth-order valence-electron chi connectivity index (χ4n) is 3.79. The average molecular weight is 339 g/mol. The minimum Gasteiger partial charge on any atom is -0.488 e. The molecule has 0 amide bonds. The molecule has 0 aromatic heterocycles. The molecule has 0 unspecified atom stereocenters. The Hall–Kier alpha value is -2.04. The number of nitrogens with zero attached hydrogens (tertiary/aromatic N) is 1. The van der Waals surface area contributed by atoms with E-state index in [9.17, 15) is 5.11 Å². The van der Waals surface area contributed by atoms with Crippen LogP contribution in [0.2, 0.25) is 0 Å². The molecule has 0 saturated carbocycles. The number of likely N-dealkylation sites (N-methyl/N-ethyl adjacent to an activating group) is 1. The van der Waals surface area contributed by atoms with Crippen LogP contribution < -0.4 is 9.64 Å². The number of rotatable bonds is 4. The molecule has 4 rings (SSSR count). The molecule has 1 atom stereocenters. The lowest BCUT2D eigenvalue weighted by Gasteiger charge is -2.23. The molecule has 0 bridgehead atoms. The fraction of sp³-hybridized carbons (Fsp3) is 0.429. The van der Waals surface area contributed by atoms with Crippen LogP contribution in [0.5, 0.6) is 5.75 Å². The standard InChI is InChI=1S/C21H25NO3/c1-2-22-9-7-16-12-17(25-18-8-10-24-14-18)4-5-19(16)20-11-15(13-23)3-6-21(20)22/h3-6,11-12,18,23H,2,7-10,13-14H2,1H3/t18-/m1/s1. The number of benzene rings is 2. The van der Waals surface area contributed by atoms with Crippen molar-refractivity contribution in [2.24, 2.45) is 0 Å². The largest absolute Gasteiger partial charge is 0.488 e. The molecule has 2 aliphatic rings. The number of aliphatic hydroxyl groups excluding tert-OH is 1. The zero-order valence-electron chi connectivity index (χ0n) is 14.7. The van der Waals surface area contributed by atoms with Crippen LogP contribution in [0.3, 0.4) is 0 Å². The van der Waals surface area contributed by atoms with Crippen LogP contribution in [0, 0.1) is 0 Å². The normalized spacial score (nSPS) is 19.3. The predicted molar refractivity (Wildman–Crippen MR) is 99.2 cm³/mol. The van der Waals surface area contributed by atoms with Crippen molar-refractivity contribution in [1.29, 1.82) is 0 Å². The lowest BCUT2D eigenvalue weighted by Crippen LogP contribution is -2.24. The number of anilines is 1. The highest BCUT2D eigenvalue weighted by molar-refractivity contribution is 5.83. The van der Waals surface area contributed by atoms with E-state index in [4.69, 9.17) is 9.47 Å². The van der Waals surface area contributed by atoms with Crippen molar-refractivity contribution in [3.8, 4) is 16.9 Å². The molecular formula is C21H25NO3. The lowest BCUT2D eigenvalue weighted by atomic mass is 9.96. The van der Waals surface area contributed by atoms with E-state index < -0.39 is 0 Å². The first kappa shape index (κ1) is 16.4. The number of ether oxygens (including phenoxy) is 2. The third kappa shape index (κ3) is 3.24. The molecule has 0 aliphatic carbocycles. The first-order valence-electron chi connectivity index (χ1n) is 9.15. The van der Waals surface area contributed by atoms with Gasteiger partial charge in [0.15, 0.2) is 0 Å². The van der Waals surface area contributed by atoms with Crippen LogP contribution in [-0.2, 0) is 17.8 Å². The van der Waals surface area contributed by atoms with Gasteiger partial charge in [0, 0.05) is 30.8 Å². The van der Waals surface area contributed by atoms with Crippen LogP contribution in [0.15, 0.2) is 36.4 Å². The Morgan fingerprint density at radius 2 is 2.12 bits per heavy atom. The zero-order chi connectivity index (χ0) is 17.2. The molecule has 1 saturated heterocycles. The van der Waals surface area contributed by atoms with Gasteiger partial charge in [0.05, 0.1) is 19.8 Å². The number of hydrogen-bond acceptors (Lipinski definition) is 4. The first-order valence-corrected chi connectivity index (χ1v) is 9.15. The molecule has 1 fully saturated rings. The molecule has 2 aromatic rings. The second-order valence-electron chi connectivity index (χ2n) is 6.76. The topological polar surface area (TPSA) is 41.9 Å². The number of hydrogen-bond donors (Lipinski definition) is 1. The van der Waals surface area contributed by atoms with Gasteiger partial charge < -0.3 is 19.5 Å². The molecule has 4 heteroatoms. The van der Waals surface area contributed by atoms with Crippen LogP contribution in [0.1, 0.15) is 24.5 Å². The monoisotopic (exact) mass is 339 g/mol. The first-order chi connectivity index (χ1) is 12.3. The Labute approximate surface area is 149 Å². The van der Waals surface area contributed by atoms with Gasteiger partial charge in [-0.05, 0) is 54.3 Å². The Morgan fingerprint density at radius 1 is 1.20 bits per heavy atom. The van der Waals surface area contributed by atoms with Gasteiger partial charge in [-0.2, -0.15) is 0 Å². The second-order valence-corrected chi connectivity index (χ2v) is 6.76. The van der Waals surface area contributed by atoms with Gasteiger partial charge in [-0.15, -0.1) is 0 Å².